The molecule has 2 N–H and O–H groups in total. The van der Waals surface area contributed by atoms with Crippen molar-refractivity contribution >= 4 is 58.4 Å². The second kappa shape index (κ2) is 16.4. The number of carbonyl (C=O) groups is 2. The zero-order valence-electron chi connectivity index (χ0n) is 21.9. The topological polar surface area (TPSA) is 82.3 Å². The molecule has 7 heteroatoms. The average Bonchev–Trinajstić information content (AvgIpc) is 2.92. The molecule has 0 saturated heterocycles. The van der Waals surface area contributed by atoms with Crippen LogP contribution in [0.1, 0.15) is 46.1 Å². The second-order valence-corrected chi connectivity index (χ2v) is 9.24. The van der Waals surface area contributed by atoms with Crippen molar-refractivity contribution in [3.8, 4) is 0 Å². The summed E-state index contributed by atoms with van der Waals surface area (Å²) in [5, 5.41) is 1.62. The molecule has 0 saturated carbocycles. The Hall–Kier alpha value is -3.45. The molecule has 1 aromatic heterocycles. The van der Waals surface area contributed by atoms with Gasteiger partial charge in [-0.15, -0.1) is 12.6 Å². The lowest BCUT2D eigenvalue weighted by molar-refractivity contribution is -0.108. The number of nitrogens with two attached hydrogens (primary N) is 1. The number of aromatic nitrogens is 1. The van der Waals surface area contributed by atoms with E-state index in [-0.39, 0.29) is 11.1 Å². The van der Waals surface area contributed by atoms with E-state index in [1.165, 1.54) is 26.6 Å². The standard InChI is InChI=1S/C28H24ClNO2.C2H4OS.CH5N/c1-32-28(31)26-11-3-2-9-22(26)10-5-8-20-6-4-7-21(18-20)12-16-25-17-14-23-13-15-24(29)19-27(23)30-25;1-2(3)4;1-2/h2-4,6-7,9,11-19H,5,8,10H2,1H3;1H3,(H,3,4);2H2,1H3/b16-12+;;. The highest BCUT2D eigenvalue weighted by atomic mass is 35.5. The largest absolute Gasteiger partial charge is 0.465 e. The first-order valence-electron chi connectivity index (χ1n) is 12.1. The van der Waals surface area contributed by atoms with Crippen LogP contribution in [0.15, 0.2) is 78.9 Å². The van der Waals surface area contributed by atoms with E-state index >= 15 is 0 Å². The molecule has 0 atom stereocenters. The van der Waals surface area contributed by atoms with Gasteiger partial charge in [0, 0.05) is 17.3 Å². The summed E-state index contributed by atoms with van der Waals surface area (Å²) in [7, 11) is 2.92. The average molecular weight is 549 g/mol. The number of fused-ring (bicyclic) bond motifs is 1. The van der Waals surface area contributed by atoms with E-state index in [4.69, 9.17) is 16.3 Å². The van der Waals surface area contributed by atoms with Gasteiger partial charge in [0.1, 0.15) is 0 Å². The molecule has 0 fully saturated rings. The van der Waals surface area contributed by atoms with Crippen molar-refractivity contribution < 1.29 is 14.3 Å². The predicted molar refractivity (Wildman–Crippen MR) is 162 cm³/mol. The Balaban J connectivity index is 0.000000773. The molecule has 5 nitrogen and oxygen atoms in total. The van der Waals surface area contributed by atoms with Crippen molar-refractivity contribution in [2.75, 3.05) is 14.2 Å². The smallest absolute Gasteiger partial charge is 0.338 e. The summed E-state index contributed by atoms with van der Waals surface area (Å²) < 4.78 is 4.89. The Morgan fingerprint density at radius 1 is 0.947 bits per heavy atom. The molecule has 198 valence electrons. The maximum absolute atomic E-state index is 11.9. The number of esters is 1. The van der Waals surface area contributed by atoms with Crippen LogP contribution in [0.25, 0.3) is 23.1 Å². The van der Waals surface area contributed by atoms with E-state index in [1.807, 2.05) is 54.6 Å². The number of hydrogen-bond donors (Lipinski definition) is 2. The molecule has 0 amide bonds. The summed E-state index contributed by atoms with van der Waals surface area (Å²) in [6.45, 7) is 1.39. The SMILES string of the molecule is CC(=O)S.CN.COC(=O)c1ccccc1CCCc1cccc(/C=C/c2ccc3ccc(Cl)cc3n2)c1. The minimum absolute atomic E-state index is 0.139. The molecule has 0 aliphatic carbocycles. The first-order chi connectivity index (χ1) is 18.4. The summed E-state index contributed by atoms with van der Waals surface area (Å²) >= 11 is 9.42. The Morgan fingerprint density at radius 2 is 1.66 bits per heavy atom. The molecule has 0 unspecified atom stereocenters. The van der Waals surface area contributed by atoms with E-state index in [0.717, 1.165) is 47.0 Å². The Bertz CT molecular complexity index is 1380. The number of hydrogen-bond acceptors (Lipinski definition) is 5. The van der Waals surface area contributed by atoms with E-state index in [9.17, 15) is 9.59 Å². The molecular formula is C31H33ClN2O3S. The number of pyridine rings is 1. The molecule has 0 bridgehead atoms. The van der Waals surface area contributed by atoms with Crippen LogP contribution in [0.2, 0.25) is 5.02 Å². The third kappa shape index (κ3) is 10.1. The van der Waals surface area contributed by atoms with Gasteiger partial charge in [0.2, 0.25) is 0 Å². The molecule has 1 heterocycles. The summed E-state index contributed by atoms with van der Waals surface area (Å²) in [6, 6.07) is 25.9. The lowest BCUT2D eigenvalue weighted by atomic mass is 9.99. The Kier molecular flexibility index (Phi) is 13.3. The predicted octanol–water partition coefficient (Wildman–Crippen LogP) is 7.06. The number of ether oxygens (including phenoxy) is 1. The molecule has 4 rings (SSSR count). The monoisotopic (exact) mass is 548 g/mol. The third-order valence-corrected chi connectivity index (χ3v) is 5.64. The summed E-state index contributed by atoms with van der Waals surface area (Å²) in [5.41, 5.74) is 10.4. The van der Waals surface area contributed by atoms with Gasteiger partial charge in [0.05, 0.1) is 23.9 Å². The van der Waals surface area contributed by atoms with Gasteiger partial charge < -0.3 is 10.5 Å². The number of methoxy groups -OCH3 is 1. The van der Waals surface area contributed by atoms with Gasteiger partial charge >= 0.3 is 5.97 Å². The molecule has 0 aliphatic rings. The highest BCUT2D eigenvalue weighted by Gasteiger charge is 2.10. The lowest BCUT2D eigenvalue weighted by Gasteiger charge is -2.08. The fraction of sp³-hybridized carbons (Fsp3) is 0.194. The number of rotatable bonds is 7. The maximum Gasteiger partial charge on any atom is 0.338 e. The first-order valence-corrected chi connectivity index (χ1v) is 12.9. The van der Waals surface area contributed by atoms with Gasteiger partial charge in [-0.3, -0.25) is 4.79 Å². The van der Waals surface area contributed by atoms with Gasteiger partial charge in [0.15, 0.2) is 5.12 Å². The summed E-state index contributed by atoms with van der Waals surface area (Å²) in [6.07, 6.45) is 6.81. The molecule has 4 aromatic rings. The van der Waals surface area contributed by atoms with Crippen LogP contribution in [0.4, 0.5) is 0 Å². The van der Waals surface area contributed by atoms with Crippen LogP contribution < -0.4 is 5.73 Å². The number of halogens is 1. The van der Waals surface area contributed by atoms with E-state index in [0.29, 0.717) is 10.6 Å². The molecule has 38 heavy (non-hydrogen) atoms. The first kappa shape index (κ1) is 30.8. The van der Waals surface area contributed by atoms with Crippen molar-refractivity contribution in [3.63, 3.8) is 0 Å². The maximum atomic E-state index is 11.9. The van der Waals surface area contributed by atoms with E-state index in [1.54, 1.807) is 0 Å². The van der Waals surface area contributed by atoms with Crippen molar-refractivity contribution in [1.82, 2.24) is 4.98 Å². The number of benzene rings is 3. The zero-order chi connectivity index (χ0) is 27.9. The van der Waals surface area contributed by atoms with Crippen molar-refractivity contribution in [3.05, 3.63) is 112 Å². The minimum Gasteiger partial charge on any atom is -0.465 e. The number of thiol groups is 1. The highest BCUT2D eigenvalue weighted by molar-refractivity contribution is 7.96. The van der Waals surface area contributed by atoms with Crippen molar-refractivity contribution in [1.29, 1.82) is 0 Å². The molecule has 0 radical (unpaired) electrons. The van der Waals surface area contributed by atoms with Gasteiger partial charge in [-0.2, -0.15) is 0 Å². The normalized spacial score (nSPS) is 10.3. The number of carbonyl (C=O) groups excluding carboxylic acids is 2. The fourth-order valence-corrected chi connectivity index (χ4v) is 3.93. The van der Waals surface area contributed by atoms with Crippen LogP contribution in [-0.4, -0.2) is 30.2 Å². The quantitative estimate of drug-likeness (QED) is 0.191. The van der Waals surface area contributed by atoms with Crippen molar-refractivity contribution in [2.24, 2.45) is 5.73 Å². The van der Waals surface area contributed by atoms with Gasteiger partial charge in [-0.1, -0.05) is 72.3 Å². The van der Waals surface area contributed by atoms with E-state index < -0.39 is 0 Å². The minimum atomic E-state index is -0.280. The molecule has 0 spiro atoms. The second-order valence-electron chi connectivity index (χ2n) is 8.17. The number of nitrogens with zero attached hydrogens (tertiary/aromatic N) is 1. The fourth-order valence-electron chi connectivity index (χ4n) is 3.76. The van der Waals surface area contributed by atoms with Crippen LogP contribution in [0.5, 0.6) is 0 Å². The lowest BCUT2D eigenvalue weighted by Crippen LogP contribution is -2.05. The molecular weight excluding hydrogens is 516 g/mol. The summed E-state index contributed by atoms with van der Waals surface area (Å²) in [5.74, 6) is -0.280. The van der Waals surface area contributed by atoms with Crippen LogP contribution in [0, 0.1) is 0 Å². The Labute approximate surface area is 235 Å². The van der Waals surface area contributed by atoms with Gasteiger partial charge in [-0.05, 0) is 73.3 Å². The van der Waals surface area contributed by atoms with Gasteiger partial charge in [-0.25, -0.2) is 9.78 Å². The van der Waals surface area contributed by atoms with Crippen LogP contribution in [0.3, 0.4) is 0 Å². The zero-order valence-corrected chi connectivity index (χ0v) is 23.5. The van der Waals surface area contributed by atoms with Crippen LogP contribution in [-0.2, 0) is 22.4 Å². The highest BCUT2D eigenvalue weighted by Crippen LogP contribution is 2.19. The molecule has 0 aliphatic heterocycles. The summed E-state index contributed by atoms with van der Waals surface area (Å²) in [4.78, 5) is 25.9. The Morgan fingerprint density at radius 3 is 2.39 bits per heavy atom. The van der Waals surface area contributed by atoms with Crippen LogP contribution >= 0.6 is 24.2 Å². The van der Waals surface area contributed by atoms with E-state index in [2.05, 4.69) is 59.8 Å². The van der Waals surface area contributed by atoms with Crippen molar-refractivity contribution in [2.45, 2.75) is 26.2 Å². The number of aryl methyl sites for hydroxylation is 2. The third-order valence-electron chi connectivity index (χ3n) is 5.41. The van der Waals surface area contributed by atoms with Gasteiger partial charge in [0.25, 0.3) is 0 Å². The molecule has 3 aromatic carbocycles.